The van der Waals surface area contributed by atoms with Gasteiger partial charge in [-0.2, -0.15) is 0 Å². The van der Waals surface area contributed by atoms with E-state index in [0.29, 0.717) is 17.7 Å². The van der Waals surface area contributed by atoms with Crippen LogP contribution in [-0.4, -0.2) is 60.7 Å². The zero-order valence-corrected chi connectivity index (χ0v) is 15.0. The summed E-state index contributed by atoms with van der Waals surface area (Å²) in [5.41, 5.74) is 0.157. The van der Waals surface area contributed by atoms with Gasteiger partial charge in [-0.1, -0.05) is 25.0 Å². The lowest BCUT2D eigenvalue weighted by atomic mass is 10.1. The van der Waals surface area contributed by atoms with Gasteiger partial charge in [-0.15, -0.1) is 0 Å². The van der Waals surface area contributed by atoms with E-state index in [1.165, 1.54) is 24.3 Å². The zero-order valence-electron chi connectivity index (χ0n) is 14.2. The lowest BCUT2D eigenvalue weighted by molar-refractivity contribution is -0.143. The second-order valence-corrected chi connectivity index (χ2v) is 8.52. The fourth-order valence-electron chi connectivity index (χ4n) is 3.27. The lowest BCUT2D eigenvalue weighted by Crippen LogP contribution is -2.41. The molecule has 2 aliphatic rings. The van der Waals surface area contributed by atoms with Gasteiger partial charge < -0.3 is 0 Å². The largest absolute Gasteiger partial charge is 0.334 e. The van der Waals surface area contributed by atoms with Crippen molar-refractivity contribution in [2.75, 3.05) is 12.8 Å². The Labute approximate surface area is 150 Å². The first kappa shape index (κ1) is 18.2. The normalized spacial score (nSPS) is 18.9. The Morgan fingerprint density at radius 2 is 1.62 bits per heavy atom. The van der Waals surface area contributed by atoms with E-state index in [4.69, 9.17) is 0 Å². The van der Waals surface area contributed by atoms with Crippen LogP contribution >= 0.6 is 0 Å². The minimum atomic E-state index is -3.39. The molecule has 3 rings (SSSR count). The molecule has 1 aliphatic carbocycles. The number of imide groups is 2. The maximum absolute atomic E-state index is 12.4. The molecule has 26 heavy (non-hydrogen) atoms. The Hall–Kier alpha value is -2.55. The predicted molar refractivity (Wildman–Crippen MR) is 90.1 cm³/mol. The number of rotatable bonds is 5. The van der Waals surface area contributed by atoms with Crippen LogP contribution in [0.3, 0.4) is 0 Å². The molecule has 0 N–H and O–H groups in total. The van der Waals surface area contributed by atoms with E-state index in [2.05, 4.69) is 0 Å². The summed E-state index contributed by atoms with van der Waals surface area (Å²) in [5, 5.41) is 0. The maximum Gasteiger partial charge on any atom is 0.334 e. The predicted octanol–water partition coefficient (Wildman–Crippen LogP) is 1.01. The topological polar surface area (TPSA) is 109 Å². The third-order valence-electron chi connectivity index (χ3n) is 4.68. The standard InChI is InChI=1S/C17H18N2O6S/c1-26(24,25)13-8-6-11(7-9-13)14(20)10-18-15(21)16(22)19(17(18)23)12-4-2-3-5-12/h6-9,12H,2-5,10H2,1H3. The van der Waals surface area contributed by atoms with Gasteiger partial charge in [-0.05, 0) is 25.0 Å². The molecule has 138 valence electrons. The number of hydrogen-bond acceptors (Lipinski definition) is 6. The summed E-state index contributed by atoms with van der Waals surface area (Å²) in [7, 11) is -3.39. The van der Waals surface area contributed by atoms with Crippen molar-refractivity contribution < 1.29 is 27.6 Å². The van der Waals surface area contributed by atoms with Crippen LogP contribution in [0.25, 0.3) is 0 Å². The fraction of sp³-hybridized carbons (Fsp3) is 0.412. The third-order valence-corrected chi connectivity index (χ3v) is 5.81. The van der Waals surface area contributed by atoms with Gasteiger partial charge in [-0.25, -0.2) is 18.1 Å². The summed E-state index contributed by atoms with van der Waals surface area (Å²) >= 11 is 0. The van der Waals surface area contributed by atoms with E-state index in [9.17, 15) is 27.6 Å². The molecule has 9 heteroatoms. The van der Waals surface area contributed by atoms with Gasteiger partial charge in [0, 0.05) is 17.9 Å². The molecule has 0 aromatic heterocycles. The molecular formula is C17H18N2O6S. The summed E-state index contributed by atoms with van der Waals surface area (Å²) in [4.78, 5) is 50.7. The second-order valence-electron chi connectivity index (χ2n) is 6.51. The average Bonchev–Trinajstić information content (AvgIpc) is 3.18. The first-order valence-electron chi connectivity index (χ1n) is 8.22. The van der Waals surface area contributed by atoms with Gasteiger partial charge in [0.05, 0.1) is 11.4 Å². The number of nitrogens with zero attached hydrogens (tertiary/aromatic N) is 2. The van der Waals surface area contributed by atoms with E-state index < -0.39 is 40.0 Å². The molecular weight excluding hydrogens is 360 g/mol. The number of ketones is 1. The highest BCUT2D eigenvalue weighted by Gasteiger charge is 2.48. The first-order chi connectivity index (χ1) is 12.2. The second kappa shape index (κ2) is 6.64. The van der Waals surface area contributed by atoms with Crippen LogP contribution in [-0.2, 0) is 19.4 Å². The number of carbonyl (C=O) groups is 4. The van der Waals surface area contributed by atoms with Gasteiger partial charge in [0.15, 0.2) is 15.6 Å². The highest BCUT2D eigenvalue weighted by Crippen LogP contribution is 2.27. The van der Waals surface area contributed by atoms with Crippen molar-refractivity contribution in [3.05, 3.63) is 29.8 Å². The van der Waals surface area contributed by atoms with Crippen LogP contribution in [0.2, 0.25) is 0 Å². The number of benzene rings is 1. The van der Waals surface area contributed by atoms with Crippen molar-refractivity contribution in [2.45, 2.75) is 36.6 Å². The third kappa shape index (κ3) is 3.26. The number of carbonyl (C=O) groups excluding carboxylic acids is 4. The highest BCUT2D eigenvalue weighted by atomic mass is 32.2. The molecule has 1 heterocycles. The molecule has 1 aromatic rings. The van der Waals surface area contributed by atoms with E-state index in [1.54, 1.807) is 0 Å². The first-order valence-corrected chi connectivity index (χ1v) is 10.1. The molecule has 8 nitrogen and oxygen atoms in total. The lowest BCUT2D eigenvalue weighted by Gasteiger charge is -2.20. The molecule has 0 unspecified atom stereocenters. The number of urea groups is 1. The van der Waals surface area contributed by atoms with Gasteiger partial charge in [0.1, 0.15) is 0 Å². The molecule has 2 fully saturated rings. The van der Waals surface area contributed by atoms with E-state index in [0.717, 1.165) is 24.0 Å². The Morgan fingerprint density at radius 3 is 2.15 bits per heavy atom. The van der Waals surface area contributed by atoms with E-state index in [1.807, 2.05) is 0 Å². The van der Waals surface area contributed by atoms with Crippen molar-refractivity contribution in [2.24, 2.45) is 0 Å². The molecule has 1 aliphatic heterocycles. The van der Waals surface area contributed by atoms with Gasteiger partial charge in [-0.3, -0.25) is 19.3 Å². The molecule has 1 saturated heterocycles. The van der Waals surface area contributed by atoms with Crippen LogP contribution in [0, 0.1) is 0 Å². The minimum Gasteiger partial charge on any atom is -0.292 e. The maximum atomic E-state index is 12.4. The number of Topliss-reactive ketones (excluding diaryl/α,β-unsaturated/α-hetero) is 1. The molecule has 0 atom stereocenters. The molecule has 1 saturated carbocycles. The van der Waals surface area contributed by atoms with Crippen LogP contribution in [0.15, 0.2) is 29.2 Å². The smallest absolute Gasteiger partial charge is 0.292 e. The van der Waals surface area contributed by atoms with Crippen LogP contribution in [0.4, 0.5) is 4.79 Å². The van der Waals surface area contributed by atoms with Crippen LogP contribution in [0.5, 0.6) is 0 Å². The fourth-order valence-corrected chi connectivity index (χ4v) is 3.90. The SMILES string of the molecule is CS(=O)(=O)c1ccc(C(=O)CN2C(=O)C(=O)N(C3CCCC3)C2=O)cc1. The summed E-state index contributed by atoms with van der Waals surface area (Å²) in [6, 6.07) is 4.17. The van der Waals surface area contributed by atoms with Crippen molar-refractivity contribution in [3.63, 3.8) is 0 Å². The molecule has 0 radical (unpaired) electrons. The molecule has 1 aromatic carbocycles. The average molecular weight is 378 g/mol. The van der Waals surface area contributed by atoms with Crippen molar-refractivity contribution in [1.82, 2.24) is 9.80 Å². The molecule has 0 bridgehead atoms. The van der Waals surface area contributed by atoms with E-state index in [-0.39, 0.29) is 16.5 Å². The monoisotopic (exact) mass is 378 g/mol. The van der Waals surface area contributed by atoms with Crippen LogP contribution < -0.4 is 0 Å². The summed E-state index contributed by atoms with van der Waals surface area (Å²) in [6.07, 6.45) is 4.16. The molecule has 0 spiro atoms. The quantitative estimate of drug-likeness (QED) is 0.430. The minimum absolute atomic E-state index is 0.0601. The van der Waals surface area contributed by atoms with Crippen molar-refractivity contribution in [1.29, 1.82) is 0 Å². The zero-order chi connectivity index (χ0) is 19.1. The van der Waals surface area contributed by atoms with Crippen molar-refractivity contribution in [3.8, 4) is 0 Å². The van der Waals surface area contributed by atoms with Crippen LogP contribution in [0.1, 0.15) is 36.0 Å². The molecule has 4 amide bonds. The summed E-state index contributed by atoms with van der Waals surface area (Å²) < 4.78 is 22.9. The Kier molecular flexibility index (Phi) is 4.66. The Morgan fingerprint density at radius 1 is 1.04 bits per heavy atom. The number of sulfone groups is 1. The number of hydrogen-bond donors (Lipinski definition) is 0. The summed E-state index contributed by atoms with van der Waals surface area (Å²) in [6.45, 7) is -0.551. The van der Waals surface area contributed by atoms with Gasteiger partial charge in [0.25, 0.3) is 0 Å². The van der Waals surface area contributed by atoms with Gasteiger partial charge >= 0.3 is 17.8 Å². The van der Waals surface area contributed by atoms with E-state index >= 15 is 0 Å². The Bertz CT molecular complexity index is 884. The Balaban J connectivity index is 1.75. The van der Waals surface area contributed by atoms with Crippen molar-refractivity contribution >= 4 is 33.5 Å². The van der Waals surface area contributed by atoms with Gasteiger partial charge in [0.2, 0.25) is 0 Å². The highest BCUT2D eigenvalue weighted by molar-refractivity contribution is 7.90. The number of amides is 4. The summed E-state index contributed by atoms with van der Waals surface area (Å²) in [5.74, 6) is -2.43.